The van der Waals surface area contributed by atoms with Crippen molar-refractivity contribution in [2.75, 3.05) is 37.6 Å². The molecule has 2 atom stereocenters. The monoisotopic (exact) mass is 313 g/mol. The maximum atomic E-state index is 9.26. The van der Waals surface area contributed by atoms with E-state index in [2.05, 4.69) is 46.6 Å². The van der Waals surface area contributed by atoms with Gasteiger partial charge in [-0.1, -0.05) is 12.1 Å². The van der Waals surface area contributed by atoms with E-state index < -0.39 is 0 Å². The van der Waals surface area contributed by atoms with E-state index in [1.165, 1.54) is 6.42 Å². The van der Waals surface area contributed by atoms with Gasteiger partial charge in [0.05, 0.1) is 11.3 Å². The molecule has 2 unspecified atom stereocenters. The highest BCUT2D eigenvalue weighted by Crippen LogP contribution is 2.22. The van der Waals surface area contributed by atoms with Crippen LogP contribution in [0, 0.1) is 17.2 Å². The Hall–Kier alpha value is -1.61. The smallest absolute Gasteiger partial charge is 0.101 e. The number of benzene rings is 1. The van der Waals surface area contributed by atoms with E-state index in [1.807, 2.05) is 18.2 Å². The summed E-state index contributed by atoms with van der Waals surface area (Å²) in [6.45, 7) is 9.86. The zero-order valence-corrected chi connectivity index (χ0v) is 14.1. The minimum absolute atomic E-state index is 0.550. The van der Waals surface area contributed by atoms with E-state index >= 15 is 0 Å². The Morgan fingerprint density at radius 3 is 2.39 bits per heavy atom. The van der Waals surface area contributed by atoms with Crippen LogP contribution in [-0.2, 0) is 0 Å². The van der Waals surface area contributed by atoms with Crippen molar-refractivity contribution >= 4 is 5.69 Å². The Morgan fingerprint density at radius 2 is 1.74 bits per heavy atom. The fraction of sp³-hybridized carbons (Fsp3) is 0.611. The number of nitrogens with one attached hydrogen (secondary N) is 2. The second-order valence-electron chi connectivity index (χ2n) is 6.78. The van der Waals surface area contributed by atoms with Gasteiger partial charge in [-0.25, -0.2) is 0 Å². The van der Waals surface area contributed by atoms with Gasteiger partial charge >= 0.3 is 0 Å². The molecular formula is C18H27N5. The molecule has 2 saturated heterocycles. The first-order chi connectivity index (χ1) is 11.2. The lowest BCUT2D eigenvalue weighted by atomic mass is 9.93. The molecule has 2 heterocycles. The Bertz CT molecular complexity index is 549. The van der Waals surface area contributed by atoms with Gasteiger partial charge < -0.3 is 4.90 Å². The van der Waals surface area contributed by atoms with E-state index in [0.29, 0.717) is 18.0 Å². The van der Waals surface area contributed by atoms with Gasteiger partial charge in [0.2, 0.25) is 0 Å². The zero-order valence-electron chi connectivity index (χ0n) is 14.1. The van der Waals surface area contributed by atoms with Crippen molar-refractivity contribution in [3.63, 3.8) is 0 Å². The first-order valence-electron chi connectivity index (χ1n) is 8.66. The van der Waals surface area contributed by atoms with Crippen LogP contribution in [0.4, 0.5) is 5.69 Å². The average molecular weight is 313 g/mol. The number of piperazine rings is 1. The lowest BCUT2D eigenvalue weighted by Crippen LogP contribution is -2.47. The van der Waals surface area contributed by atoms with Crippen LogP contribution in [0.25, 0.3) is 0 Å². The minimum atomic E-state index is 0.550. The lowest BCUT2D eigenvalue weighted by molar-refractivity contribution is 0.230. The third-order valence-electron chi connectivity index (χ3n) is 5.34. The molecule has 0 saturated carbocycles. The van der Waals surface area contributed by atoms with Crippen molar-refractivity contribution < 1.29 is 0 Å². The Labute approximate surface area is 139 Å². The van der Waals surface area contributed by atoms with Crippen LogP contribution in [0.2, 0.25) is 0 Å². The summed E-state index contributed by atoms with van der Waals surface area (Å²) < 4.78 is 0. The molecule has 2 aliphatic heterocycles. The van der Waals surface area contributed by atoms with Crippen LogP contribution in [0.5, 0.6) is 0 Å². The molecule has 0 aromatic heterocycles. The predicted octanol–water partition coefficient (Wildman–Crippen LogP) is 1.57. The number of hydrazine groups is 1. The summed E-state index contributed by atoms with van der Waals surface area (Å²) in [5.41, 5.74) is 8.55. The molecule has 0 aliphatic carbocycles. The predicted molar refractivity (Wildman–Crippen MR) is 93.1 cm³/mol. The molecule has 124 valence electrons. The Balaban J connectivity index is 1.50. The molecule has 23 heavy (non-hydrogen) atoms. The van der Waals surface area contributed by atoms with Crippen LogP contribution in [0.15, 0.2) is 24.3 Å². The molecule has 2 fully saturated rings. The van der Waals surface area contributed by atoms with Gasteiger partial charge in [-0.15, -0.1) is 0 Å². The third kappa shape index (κ3) is 3.66. The van der Waals surface area contributed by atoms with Crippen LogP contribution < -0.4 is 15.8 Å². The summed E-state index contributed by atoms with van der Waals surface area (Å²) in [4.78, 5) is 4.90. The number of hydrogen-bond acceptors (Lipinski definition) is 5. The SMILES string of the molecule is CC1NNC(C)C1CCN1CCN(c2ccccc2C#N)CC1. The second-order valence-corrected chi connectivity index (χ2v) is 6.78. The van der Waals surface area contributed by atoms with Gasteiger partial charge in [0, 0.05) is 38.3 Å². The maximum absolute atomic E-state index is 9.26. The number of hydrogen-bond donors (Lipinski definition) is 2. The van der Waals surface area contributed by atoms with Crippen molar-refractivity contribution in [1.82, 2.24) is 15.8 Å². The van der Waals surface area contributed by atoms with Crippen molar-refractivity contribution in [3.05, 3.63) is 29.8 Å². The molecule has 5 nitrogen and oxygen atoms in total. The summed E-state index contributed by atoms with van der Waals surface area (Å²) in [6, 6.07) is 11.3. The normalized spacial score (nSPS) is 28.7. The summed E-state index contributed by atoms with van der Waals surface area (Å²) in [6.07, 6.45) is 1.23. The van der Waals surface area contributed by atoms with Crippen LogP contribution >= 0.6 is 0 Å². The number of anilines is 1. The van der Waals surface area contributed by atoms with Crippen molar-refractivity contribution in [2.45, 2.75) is 32.4 Å². The van der Waals surface area contributed by atoms with E-state index in [9.17, 15) is 5.26 Å². The van der Waals surface area contributed by atoms with Gasteiger partial charge in [0.15, 0.2) is 0 Å². The van der Waals surface area contributed by atoms with Crippen LogP contribution in [-0.4, -0.2) is 49.7 Å². The van der Waals surface area contributed by atoms with Crippen molar-refractivity contribution in [3.8, 4) is 6.07 Å². The van der Waals surface area contributed by atoms with E-state index in [0.717, 1.165) is 44.0 Å². The highest BCUT2D eigenvalue weighted by Gasteiger charge is 2.30. The van der Waals surface area contributed by atoms with Crippen molar-refractivity contribution in [1.29, 1.82) is 5.26 Å². The largest absolute Gasteiger partial charge is 0.368 e. The minimum Gasteiger partial charge on any atom is -0.368 e. The van der Waals surface area contributed by atoms with E-state index in [4.69, 9.17) is 0 Å². The summed E-state index contributed by atoms with van der Waals surface area (Å²) in [5.74, 6) is 0.701. The fourth-order valence-corrected chi connectivity index (χ4v) is 3.80. The van der Waals surface area contributed by atoms with Crippen LogP contribution in [0.1, 0.15) is 25.8 Å². The fourth-order valence-electron chi connectivity index (χ4n) is 3.80. The zero-order chi connectivity index (χ0) is 16.2. The highest BCUT2D eigenvalue weighted by atomic mass is 15.4. The van der Waals surface area contributed by atoms with Crippen molar-refractivity contribution in [2.24, 2.45) is 5.92 Å². The number of rotatable bonds is 4. The molecule has 3 rings (SSSR count). The van der Waals surface area contributed by atoms with E-state index in [-0.39, 0.29) is 0 Å². The Morgan fingerprint density at radius 1 is 1.09 bits per heavy atom. The van der Waals surface area contributed by atoms with Gasteiger partial charge in [-0.05, 0) is 44.9 Å². The van der Waals surface area contributed by atoms with Gasteiger partial charge in [0.25, 0.3) is 0 Å². The molecule has 5 heteroatoms. The number of nitriles is 1. The van der Waals surface area contributed by atoms with Crippen LogP contribution in [0.3, 0.4) is 0 Å². The Kier molecular flexibility index (Phi) is 5.16. The average Bonchev–Trinajstić information content (AvgIpc) is 2.92. The molecular weight excluding hydrogens is 286 g/mol. The standard InChI is InChI=1S/C18H27N5/c1-14-17(15(2)21-20-14)7-8-22-9-11-23(12-10-22)18-6-4-3-5-16(18)13-19/h3-6,14-15,17,20-21H,7-12H2,1-2H3. The molecule has 1 aromatic carbocycles. The maximum Gasteiger partial charge on any atom is 0.101 e. The first-order valence-corrected chi connectivity index (χ1v) is 8.66. The second kappa shape index (κ2) is 7.31. The molecule has 0 spiro atoms. The molecule has 2 aliphatic rings. The molecule has 2 N–H and O–H groups in total. The quantitative estimate of drug-likeness (QED) is 0.884. The topological polar surface area (TPSA) is 54.3 Å². The lowest BCUT2D eigenvalue weighted by Gasteiger charge is -2.37. The molecule has 0 bridgehead atoms. The highest BCUT2D eigenvalue weighted by molar-refractivity contribution is 5.59. The third-order valence-corrected chi connectivity index (χ3v) is 5.34. The summed E-state index contributed by atoms with van der Waals surface area (Å²) in [7, 11) is 0. The molecule has 0 radical (unpaired) electrons. The van der Waals surface area contributed by atoms with Gasteiger partial charge in [-0.2, -0.15) is 5.26 Å². The summed E-state index contributed by atoms with van der Waals surface area (Å²) >= 11 is 0. The van der Waals surface area contributed by atoms with Gasteiger partial charge in [-0.3, -0.25) is 15.8 Å². The van der Waals surface area contributed by atoms with E-state index in [1.54, 1.807) is 0 Å². The summed E-state index contributed by atoms with van der Waals surface area (Å²) in [5, 5.41) is 9.26. The molecule has 0 amide bonds. The number of nitrogens with zero attached hydrogens (tertiary/aromatic N) is 3. The number of para-hydroxylation sites is 1. The molecule has 1 aromatic rings. The van der Waals surface area contributed by atoms with Gasteiger partial charge in [0.1, 0.15) is 6.07 Å². The first kappa shape index (κ1) is 16.3.